The van der Waals surface area contributed by atoms with Crippen molar-refractivity contribution >= 4 is 11.8 Å². The average Bonchev–Trinajstić information content (AvgIpc) is 3.09. The van der Waals surface area contributed by atoms with Crippen molar-refractivity contribution in [2.24, 2.45) is 0 Å². The Morgan fingerprint density at radius 2 is 1.63 bits per heavy atom. The van der Waals surface area contributed by atoms with E-state index in [0.29, 0.717) is 12.1 Å². The van der Waals surface area contributed by atoms with E-state index in [0.717, 1.165) is 32.3 Å². The molecule has 7 heteroatoms. The first-order valence-corrected chi connectivity index (χ1v) is 14.0. The maximum atomic E-state index is 10.9. The summed E-state index contributed by atoms with van der Waals surface area (Å²) in [5.74, 6) is 5.74. The van der Waals surface area contributed by atoms with Crippen LogP contribution in [-0.2, 0) is 16.8 Å². The van der Waals surface area contributed by atoms with E-state index in [4.69, 9.17) is 4.74 Å². The highest BCUT2D eigenvalue weighted by atomic mass is 32.2. The largest absolute Gasteiger partial charge is 0.412 e. The van der Waals surface area contributed by atoms with Gasteiger partial charge in [-0.05, 0) is 43.0 Å². The molecule has 2 atom stereocenters. The molecule has 0 saturated carbocycles. The number of pyridine rings is 1. The van der Waals surface area contributed by atoms with Crippen molar-refractivity contribution in [2.45, 2.75) is 96.3 Å². The van der Waals surface area contributed by atoms with Crippen LogP contribution in [0.25, 0.3) is 0 Å². The number of methoxy groups -OCH3 is 1. The van der Waals surface area contributed by atoms with Gasteiger partial charge in [0.05, 0.1) is 0 Å². The van der Waals surface area contributed by atoms with Gasteiger partial charge in [-0.25, -0.2) is 9.97 Å². The van der Waals surface area contributed by atoms with Gasteiger partial charge in [0.2, 0.25) is 0 Å². The lowest BCUT2D eigenvalue weighted by Crippen LogP contribution is -2.29. The molecule has 1 aliphatic rings. The van der Waals surface area contributed by atoms with Crippen LogP contribution in [0.2, 0.25) is 0 Å². The Morgan fingerprint density at radius 3 is 2.18 bits per heavy atom. The Bertz CT molecular complexity index is 1140. The Balaban J connectivity index is 0.00000137. The predicted molar refractivity (Wildman–Crippen MR) is 158 cm³/mol. The molecule has 4 rings (SSSR count). The minimum Gasteiger partial charge on any atom is -0.412 e. The summed E-state index contributed by atoms with van der Waals surface area (Å²) in [7, 11) is 1.69. The number of aliphatic hydroxyl groups is 1. The fraction of sp³-hybridized carbons (Fsp3) is 0.452. The van der Waals surface area contributed by atoms with E-state index in [2.05, 4.69) is 40.6 Å². The summed E-state index contributed by atoms with van der Waals surface area (Å²) in [6.07, 6.45) is 7.58. The molecule has 1 aromatic carbocycles. The highest BCUT2D eigenvalue weighted by Gasteiger charge is 2.35. The van der Waals surface area contributed by atoms with Gasteiger partial charge in [-0.3, -0.25) is 4.98 Å². The van der Waals surface area contributed by atoms with E-state index in [1.807, 2.05) is 65.0 Å². The monoisotopic (exact) mass is 539 g/mol. The summed E-state index contributed by atoms with van der Waals surface area (Å²) in [6, 6.07) is 9.70. The maximum Gasteiger partial charge on any atom is 0.125 e. The minimum absolute atomic E-state index is 0. The lowest BCUT2D eigenvalue weighted by atomic mass is 9.91. The number of benzene rings is 1. The molecule has 0 bridgehead atoms. The van der Waals surface area contributed by atoms with E-state index >= 15 is 0 Å². The zero-order valence-electron chi connectivity index (χ0n) is 24.4. The minimum atomic E-state index is -0.767. The zero-order valence-corrected chi connectivity index (χ0v) is 25.2. The normalized spacial score (nSPS) is 15.3. The van der Waals surface area contributed by atoms with Gasteiger partial charge in [0.1, 0.15) is 28.1 Å². The second-order valence-corrected chi connectivity index (χ2v) is 9.08. The fourth-order valence-electron chi connectivity index (χ4n) is 3.45. The second kappa shape index (κ2) is 18.5. The Morgan fingerprint density at radius 1 is 1.00 bits per heavy atom. The molecule has 2 unspecified atom stereocenters. The first-order chi connectivity index (χ1) is 18.0. The van der Waals surface area contributed by atoms with Crippen molar-refractivity contribution < 1.29 is 15.3 Å². The van der Waals surface area contributed by atoms with Gasteiger partial charge in [0.25, 0.3) is 0 Å². The number of fused-ring (bicyclic) bond motifs is 2. The third-order valence-electron chi connectivity index (χ3n) is 5.61. The lowest BCUT2D eigenvalue weighted by Gasteiger charge is -2.27. The van der Waals surface area contributed by atoms with Crippen LogP contribution in [0.1, 0.15) is 102 Å². The van der Waals surface area contributed by atoms with Gasteiger partial charge in [0.15, 0.2) is 0 Å². The molecular formula is C31H45N3O3S. The third kappa shape index (κ3) is 9.21. The van der Waals surface area contributed by atoms with Crippen LogP contribution in [0.3, 0.4) is 0 Å². The first kappa shape index (κ1) is 35.2. The summed E-state index contributed by atoms with van der Waals surface area (Å²) in [5.41, 5.74) is 3.57. The van der Waals surface area contributed by atoms with Crippen LogP contribution in [0.15, 0.2) is 58.8 Å². The fourth-order valence-corrected chi connectivity index (χ4v) is 4.54. The predicted octanol–water partition coefficient (Wildman–Crippen LogP) is 6.93. The number of aliphatic hydroxyl groups excluding tert-OH is 1. The molecule has 2 aromatic heterocycles. The summed E-state index contributed by atoms with van der Waals surface area (Å²) >= 11 is 1.58. The maximum absolute atomic E-state index is 10.9. The van der Waals surface area contributed by atoms with E-state index in [1.54, 1.807) is 44.4 Å². The molecular weight excluding hydrogens is 494 g/mol. The number of unbranched alkanes of at least 4 members (excludes halogenated alkanes) is 1. The molecule has 0 fully saturated rings. The van der Waals surface area contributed by atoms with Crippen molar-refractivity contribution in [3.05, 3.63) is 77.0 Å². The Kier molecular flexibility index (Phi) is 17.1. The number of aromatic nitrogens is 3. The zero-order chi connectivity index (χ0) is 27.8. The van der Waals surface area contributed by atoms with E-state index in [-0.39, 0.29) is 5.48 Å². The number of hydrogen-bond acceptors (Lipinski definition) is 6. The average molecular weight is 540 g/mol. The number of nitrogens with zero attached hydrogens (tertiary/aromatic N) is 3. The van der Waals surface area contributed by atoms with E-state index < -0.39 is 11.7 Å². The number of hydrogen-bond donors (Lipinski definition) is 1. The van der Waals surface area contributed by atoms with Crippen LogP contribution in [0.4, 0.5) is 0 Å². The molecule has 3 aromatic rings. The lowest BCUT2D eigenvalue weighted by molar-refractivity contribution is -0.00444. The summed E-state index contributed by atoms with van der Waals surface area (Å²) < 4.78 is 5.86. The Labute approximate surface area is 234 Å². The van der Waals surface area contributed by atoms with Crippen LogP contribution in [0.5, 0.6) is 0 Å². The topological polar surface area (TPSA) is 99.6 Å². The van der Waals surface area contributed by atoms with Crippen LogP contribution < -0.4 is 0 Å². The van der Waals surface area contributed by atoms with Gasteiger partial charge in [0, 0.05) is 42.6 Å². The number of rotatable bonds is 4. The van der Waals surface area contributed by atoms with E-state index in [1.165, 1.54) is 12.8 Å². The molecule has 3 N–H and O–H groups in total. The summed E-state index contributed by atoms with van der Waals surface area (Å²) in [4.78, 5) is 14.4. The molecule has 0 aliphatic carbocycles. The van der Waals surface area contributed by atoms with Gasteiger partial charge in [-0.15, -0.1) is 0 Å². The Hall–Kier alpha value is -2.76. The van der Waals surface area contributed by atoms with Gasteiger partial charge < -0.3 is 15.3 Å². The van der Waals surface area contributed by atoms with Gasteiger partial charge in [-0.2, -0.15) is 0 Å². The smallest absolute Gasteiger partial charge is 0.125 e. The third-order valence-corrected chi connectivity index (χ3v) is 6.72. The second-order valence-electron chi connectivity index (χ2n) is 8.05. The summed E-state index contributed by atoms with van der Waals surface area (Å²) in [6.45, 7) is 16.2. The van der Waals surface area contributed by atoms with Gasteiger partial charge >= 0.3 is 0 Å². The molecule has 208 valence electrons. The molecule has 0 amide bonds. The van der Waals surface area contributed by atoms with Gasteiger partial charge in [-0.1, -0.05) is 90.3 Å². The van der Waals surface area contributed by atoms with Crippen molar-refractivity contribution in [3.63, 3.8) is 0 Å². The number of ether oxygens (including phenoxy) is 1. The highest BCUT2D eigenvalue weighted by Crippen LogP contribution is 2.43. The molecule has 0 spiro atoms. The molecule has 38 heavy (non-hydrogen) atoms. The van der Waals surface area contributed by atoms with Crippen LogP contribution >= 0.6 is 11.8 Å². The van der Waals surface area contributed by atoms with Crippen LogP contribution in [-0.4, -0.2) is 32.6 Å². The first-order valence-electron chi connectivity index (χ1n) is 13.2. The van der Waals surface area contributed by atoms with E-state index in [9.17, 15) is 5.11 Å². The van der Waals surface area contributed by atoms with Crippen molar-refractivity contribution in [3.8, 4) is 11.8 Å². The van der Waals surface area contributed by atoms with Crippen LogP contribution in [0, 0.1) is 11.8 Å². The molecule has 1 aliphatic heterocycles. The van der Waals surface area contributed by atoms with Crippen molar-refractivity contribution in [1.29, 1.82) is 0 Å². The highest BCUT2D eigenvalue weighted by molar-refractivity contribution is 7.99. The SMILES string of the molecule is CC.CC.CC#Cc1ccc(C(O)c2ccc3c(c2)CC(C)(OC)c2nccnc2S3)cn1.CCCC.O. The molecule has 0 saturated heterocycles. The standard InChI is InChI=1S/C23H21N3O2S.C4H10.2C2H6.H2O/c1-4-5-18-8-6-16(14-26-18)20(27)15-7-9-19-17(12-15)13-23(2,28-3)21-22(29-19)25-11-10-24-21;1-3-4-2;2*1-2;/h6-12,14,20,27H,13H2,1-3H3;3-4H2,1-2H3;2*1-2H3;1H2. The quantitative estimate of drug-likeness (QED) is 0.361. The molecule has 3 heterocycles. The summed E-state index contributed by atoms with van der Waals surface area (Å²) in [5, 5.41) is 11.8. The molecule has 0 radical (unpaired) electrons. The van der Waals surface area contributed by atoms with Crippen molar-refractivity contribution in [2.75, 3.05) is 7.11 Å². The van der Waals surface area contributed by atoms with Crippen molar-refractivity contribution in [1.82, 2.24) is 15.0 Å². The molecule has 6 nitrogen and oxygen atoms in total.